The summed E-state index contributed by atoms with van der Waals surface area (Å²) in [6.07, 6.45) is 2.40. The second-order valence-electron chi connectivity index (χ2n) is 10.3. The lowest BCUT2D eigenvalue weighted by Gasteiger charge is -2.35. The molecule has 0 saturated carbocycles. The number of nitrogens with one attached hydrogen (secondary N) is 3. The molecule has 2 aliphatic rings. The third kappa shape index (κ3) is 7.23. The van der Waals surface area contributed by atoms with E-state index in [1.165, 1.54) is 0 Å². The summed E-state index contributed by atoms with van der Waals surface area (Å²) in [5.41, 5.74) is 3.28. The van der Waals surface area contributed by atoms with E-state index in [-0.39, 0.29) is 12.0 Å². The van der Waals surface area contributed by atoms with E-state index in [0.29, 0.717) is 37.8 Å². The first-order valence-corrected chi connectivity index (χ1v) is 12.1. The fraction of sp³-hybridized carbons (Fsp3) is 0.577. The maximum atomic E-state index is 12.5. The number of amides is 2. The van der Waals surface area contributed by atoms with E-state index in [1.807, 2.05) is 52.0 Å². The molecule has 8 nitrogen and oxygen atoms in total. The Bertz CT molecular complexity index is 950. The van der Waals surface area contributed by atoms with Crippen LogP contribution in [0.1, 0.15) is 52.5 Å². The standard InChI is InChI=1S/C26H39N5O3/c1-18-8-6-10-21(14-18)29-24(27)22-17-30(19(2)32)13-11-23(22)28-15-20-9-7-12-31(16-20)25(33)34-26(3,4)5/h6,8,10,14,20,28H,7,9,11-13,15-17H2,1-5H3,(H2,27,29). The molecule has 2 aliphatic heterocycles. The normalized spacial score (nSPS) is 19.0. The van der Waals surface area contributed by atoms with Crippen LogP contribution in [0.3, 0.4) is 0 Å². The Labute approximate surface area is 203 Å². The number of carbonyl (C=O) groups is 2. The van der Waals surface area contributed by atoms with Crippen molar-refractivity contribution in [1.82, 2.24) is 15.1 Å². The highest BCUT2D eigenvalue weighted by Gasteiger charge is 2.29. The van der Waals surface area contributed by atoms with Gasteiger partial charge in [0.25, 0.3) is 0 Å². The number of hydrogen-bond donors (Lipinski definition) is 3. The molecule has 0 aromatic heterocycles. The van der Waals surface area contributed by atoms with Crippen molar-refractivity contribution >= 4 is 23.5 Å². The van der Waals surface area contributed by atoms with Gasteiger partial charge in [-0.1, -0.05) is 12.1 Å². The summed E-state index contributed by atoms with van der Waals surface area (Å²) in [4.78, 5) is 28.1. The average Bonchev–Trinajstić information content (AvgIpc) is 2.76. The number of ether oxygens (including phenoxy) is 1. The molecule has 1 saturated heterocycles. The summed E-state index contributed by atoms with van der Waals surface area (Å²) in [5.74, 6) is 0.623. The number of anilines is 1. The van der Waals surface area contributed by atoms with Crippen molar-refractivity contribution in [2.75, 3.05) is 38.0 Å². The van der Waals surface area contributed by atoms with Crippen molar-refractivity contribution in [1.29, 1.82) is 5.41 Å². The molecule has 0 aliphatic carbocycles. The molecule has 0 spiro atoms. The van der Waals surface area contributed by atoms with E-state index < -0.39 is 5.60 Å². The van der Waals surface area contributed by atoms with E-state index in [0.717, 1.165) is 48.5 Å². The molecule has 34 heavy (non-hydrogen) atoms. The van der Waals surface area contributed by atoms with Gasteiger partial charge in [-0.05, 0) is 64.2 Å². The second-order valence-corrected chi connectivity index (χ2v) is 10.3. The molecule has 3 rings (SSSR count). The van der Waals surface area contributed by atoms with Gasteiger partial charge < -0.3 is 25.2 Å². The number of aryl methyl sites for hydroxylation is 1. The quantitative estimate of drug-likeness (QED) is 0.445. The van der Waals surface area contributed by atoms with Gasteiger partial charge in [0.2, 0.25) is 5.91 Å². The van der Waals surface area contributed by atoms with Gasteiger partial charge in [0.1, 0.15) is 11.4 Å². The topological polar surface area (TPSA) is 97.8 Å². The van der Waals surface area contributed by atoms with Gasteiger partial charge in [0.05, 0.1) is 6.54 Å². The van der Waals surface area contributed by atoms with E-state index in [9.17, 15) is 9.59 Å². The van der Waals surface area contributed by atoms with Crippen LogP contribution >= 0.6 is 0 Å². The van der Waals surface area contributed by atoms with Crippen molar-refractivity contribution in [2.24, 2.45) is 5.92 Å². The van der Waals surface area contributed by atoms with Gasteiger partial charge in [-0.15, -0.1) is 0 Å². The molecular weight excluding hydrogens is 430 g/mol. The number of piperidine rings is 1. The van der Waals surface area contributed by atoms with Crippen molar-refractivity contribution < 1.29 is 14.3 Å². The molecular formula is C26H39N5O3. The number of rotatable bonds is 5. The van der Waals surface area contributed by atoms with Gasteiger partial charge >= 0.3 is 6.09 Å². The summed E-state index contributed by atoms with van der Waals surface area (Å²) in [7, 11) is 0. The minimum absolute atomic E-state index is 0.0141. The first kappa shape index (κ1) is 25.6. The fourth-order valence-corrected chi connectivity index (χ4v) is 4.39. The Balaban J connectivity index is 1.68. The lowest BCUT2D eigenvalue weighted by Crippen LogP contribution is -2.46. The molecule has 0 radical (unpaired) electrons. The van der Waals surface area contributed by atoms with E-state index in [1.54, 1.807) is 16.7 Å². The smallest absolute Gasteiger partial charge is 0.410 e. The lowest BCUT2D eigenvalue weighted by atomic mass is 9.97. The maximum Gasteiger partial charge on any atom is 0.410 e. The Kier molecular flexibility index (Phi) is 8.23. The molecule has 2 heterocycles. The van der Waals surface area contributed by atoms with Gasteiger partial charge in [0.15, 0.2) is 0 Å². The van der Waals surface area contributed by atoms with Crippen LogP contribution in [0, 0.1) is 18.3 Å². The fourth-order valence-electron chi connectivity index (χ4n) is 4.39. The number of nitrogens with zero attached hydrogens (tertiary/aromatic N) is 2. The van der Waals surface area contributed by atoms with Crippen molar-refractivity contribution in [3.05, 3.63) is 41.1 Å². The molecule has 1 unspecified atom stereocenters. The minimum Gasteiger partial charge on any atom is -0.444 e. The molecule has 8 heteroatoms. The summed E-state index contributed by atoms with van der Waals surface area (Å²) in [6.45, 7) is 12.4. The molecule has 3 N–H and O–H groups in total. The zero-order chi connectivity index (χ0) is 24.9. The van der Waals surface area contributed by atoms with Crippen molar-refractivity contribution in [2.45, 2.75) is 59.5 Å². The van der Waals surface area contributed by atoms with Crippen LogP contribution in [0.25, 0.3) is 0 Å². The zero-order valence-electron chi connectivity index (χ0n) is 21.2. The van der Waals surface area contributed by atoms with Crippen LogP contribution in [0.4, 0.5) is 10.5 Å². The van der Waals surface area contributed by atoms with Gasteiger partial charge in [-0.3, -0.25) is 10.2 Å². The van der Waals surface area contributed by atoms with Crippen LogP contribution in [-0.2, 0) is 9.53 Å². The average molecular weight is 470 g/mol. The number of carbonyl (C=O) groups excluding carboxylic acids is 2. The molecule has 2 amide bonds. The van der Waals surface area contributed by atoms with Crippen LogP contribution < -0.4 is 10.6 Å². The Morgan fingerprint density at radius 2 is 1.97 bits per heavy atom. The second kappa shape index (κ2) is 10.9. The van der Waals surface area contributed by atoms with Gasteiger partial charge in [-0.25, -0.2) is 4.79 Å². The zero-order valence-corrected chi connectivity index (χ0v) is 21.2. The lowest BCUT2D eigenvalue weighted by molar-refractivity contribution is -0.128. The molecule has 1 fully saturated rings. The Hall–Kier alpha value is -3.03. The first-order valence-electron chi connectivity index (χ1n) is 12.1. The highest BCUT2D eigenvalue weighted by molar-refractivity contribution is 6.07. The maximum absolute atomic E-state index is 12.5. The third-order valence-electron chi connectivity index (χ3n) is 6.15. The predicted molar refractivity (Wildman–Crippen MR) is 135 cm³/mol. The summed E-state index contributed by atoms with van der Waals surface area (Å²) in [5, 5.41) is 15.5. The minimum atomic E-state index is -0.503. The largest absolute Gasteiger partial charge is 0.444 e. The highest BCUT2D eigenvalue weighted by Crippen LogP contribution is 2.22. The summed E-state index contributed by atoms with van der Waals surface area (Å²) >= 11 is 0. The van der Waals surface area contributed by atoms with Crippen LogP contribution in [-0.4, -0.2) is 66.0 Å². The van der Waals surface area contributed by atoms with E-state index >= 15 is 0 Å². The number of amidine groups is 1. The SMILES string of the molecule is CC(=O)N1CCC(NCC2CCCN(C(=O)OC(C)(C)C)C2)=C(C(=N)Nc2cccc(C)c2)C1. The molecule has 186 valence electrons. The third-order valence-corrected chi connectivity index (χ3v) is 6.15. The molecule has 1 aromatic carbocycles. The Morgan fingerprint density at radius 3 is 2.65 bits per heavy atom. The number of benzene rings is 1. The molecule has 1 aromatic rings. The van der Waals surface area contributed by atoms with Crippen LogP contribution in [0.5, 0.6) is 0 Å². The predicted octanol–water partition coefficient (Wildman–Crippen LogP) is 4.13. The number of hydrogen-bond acceptors (Lipinski definition) is 5. The van der Waals surface area contributed by atoms with Crippen LogP contribution in [0.2, 0.25) is 0 Å². The van der Waals surface area contributed by atoms with Crippen LogP contribution in [0.15, 0.2) is 35.5 Å². The van der Waals surface area contributed by atoms with E-state index in [2.05, 4.69) is 10.6 Å². The monoisotopic (exact) mass is 469 g/mol. The summed E-state index contributed by atoms with van der Waals surface area (Å²) < 4.78 is 5.55. The first-order chi connectivity index (χ1) is 16.0. The summed E-state index contributed by atoms with van der Waals surface area (Å²) in [6, 6.07) is 7.92. The molecule has 1 atom stereocenters. The highest BCUT2D eigenvalue weighted by atomic mass is 16.6. The van der Waals surface area contributed by atoms with E-state index in [4.69, 9.17) is 10.1 Å². The van der Waals surface area contributed by atoms with Gasteiger partial charge in [-0.2, -0.15) is 0 Å². The van der Waals surface area contributed by atoms with Crippen molar-refractivity contribution in [3.63, 3.8) is 0 Å². The number of likely N-dealkylation sites (tertiary alicyclic amines) is 1. The van der Waals surface area contributed by atoms with Gasteiger partial charge in [0, 0.05) is 56.5 Å². The van der Waals surface area contributed by atoms with Crippen molar-refractivity contribution in [3.8, 4) is 0 Å². The molecule has 0 bridgehead atoms. The Morgan fingerprint density at radius 1 is 1.21 bits per heavy atom.